The molecule has 3 heterocycles. The Balaban J connectivity index is 2.08. The Bertz CT molecular complexity index is 671. The molecular weight excluding hydrogens is 290 g/mol. The van der Waals surface area contributed by atoms with Gasteiger partial charge in [0.15, 0.2) is 17.7 Å². The van der Waals surface area contributed by atoms with Crippen LogP contribution in [0.2, 0.25) is 0 Å². The smallest absolute Gasteiger partial charge is 0.167 e. The Kier molecular flexibility index (Phi) is 3.73. The highest BCUT2D eigenvalue weighted by molar-refractivity contribution is 5.81. The Morgan fingerprint density at radius 3 is 2.86 bits per heavy atom. The molecule has 120 valence electrons. The molecule has 1 aliphatic heterocycles. The number of imidazole rings is 1. The van der Waals surface area contributed by atoms with E-state index in [4.69, 9.17) is 15.2 Å². The fourth-order valence-corrected chi connectivity index (χ4v) is 2.88. The first-order chi connectivity index (χ1) is 10.6. The van der Waals surface area contributed by atoms with Crippen LogP contribution in [0.3, 0.4) is 0 Å². The second kappa shape index (κ2) is 5.43. The van der Waals surface area contributed by atoms with E-state index in [9.17, 15) is 10.2 Å². The number of anilines is 1. The average Bonchev–Trinajstić information content (AvgIpc) is 3.07. The van der Waals surface area contributed by atoms with Crippen LogP contribution in [-0.4, -0.2) is 61.3 Å². The minimum atomic E-state index is -1.08. The molecule has 9 heteroatoms. The highest BCUT2D eigenvalue weighted by Crippen LogP contribution is 2.41. The van der Waals surface area contributed by atoms with Gasteiger partial charge in [0.1, 0.15) is 29.7 Å². The molecule has 0 aromatic carbocycles. The number of rotatable bonds is 4. The number of fused-ring (bicyclic) bond motifs is 1. The van der Waals surface area contributed by atoms with Crippen LogP contribution in [0.5, 0.6) is 0 Å². The van der Waals surface area contributed by atoms with Gasteiger partial charge in [-0.1, -0.05) is 6.92 Å². The van der Waals surface area contributed by atoms with Gasteiger partial charge in [0.2, 0.25) is 0 Å². The van der Waals surface area contributed by atoms with Gasteiger partial charge in [-0.15, -0.1) is 0 Å². The number of hydrogen-bond acceptors (Lipinski definition) is 8. The zero-order valence-corrected chi connectivity index (χ0v) is 12.4. The Morgan fingerprint density at radius 2 is 2.23 bits per heavy atom. The van der Waals surface area contributed by atoms with Crippen molar-refractivity contribution in [3.05, 3.63) is 12.7 Å². The molecular formula is C13H19N5O4. The second-order valence-corrected chi connectivity index (χ2v) is 5.31. The number of aliphatic hydroxyl groups excluding tert-OH is 2. The van der Waals surface area contributed by atoms with Crippen LogP contribution in [0, 0.1) is 0 Å². The maximum Gasteiger partial charge on any atom is 0.167 e. The van der Waals surface area contributed by atoms with Crippen LogP contribution in [0.1, 0.15) is 19.6 Å². The van der Waals surface area contributed by atoms with Gasteiger partial charge in [0.05, 0.1) is 12.9 Å². The second-order valence-electron chi connectivity index (χ2n) is 5.31. The first-order valence-electron chi connectivity index (χ1n) is 7.00. The summed E-state index contributed by atoms with van der Waals surface area (Å²) in [6.45, 7) is 1.52. The summed E-state index contributed by atoms with van der Waals surface area (Å²) in [4.78, 5) is 12.3. The summed E-state index contributed by atoms with van der Waals surface area (Å²) in [5.74, 6) is 0.264. The number of aliphatic hydroxyl groups is 2. The maximum absolute atomic E-state index is 10.5. The van der Waals surface area contributed by atoms with Crippen molar-refractivity contribution in [2.45, 2.75) is 37.4 Å². The van der Waals surface area contributed by atoms with Crippen LogP contribution < -0.4 is 5.73 Å². The third kappa shape index (κ3) is 1.97. The van der Waals surface area contributed by atoms with Gasteiger partial charge in [-0.3, -0.25) is 4.57 Å². The molecule has 0 amide bonds. The van der Waals surface area contributed by atoms with E-state index in [1.807, 2.05) is 6.92 Å². The van der Waals surface area contributed by atoms with Crippen LogP contribution in [0.25, 0.3) is 11.2 Å². The van der Waals surface area contributed by atoms with Crippen molar-refractivity contribution in [2.75, 3.05) is 19.5 Å². The number of methoxy groups -OCH3 is 1. The molecule has 4 atom stereocenters. The van der Waals surface area contributed by atoms with Crippen molar-refractivity contribution < 1.29 is 19.7 Å². The summed E-state index contributed by atoms with van der Waals surface area (Å²) in [7, 11) is 1.48. The Morgan fingerprint density at radius 1 is 1.45 bits per heavy atom. The van der Waals surface area contributed by atoms with E-state index in [2.05, 4.69) is 15.0 Å². The lowest BCUT2D eigenvalue weighted by molar-refractivity contribution is -0.129. The molecule has 3 rings (SSSR count). The molecule has 2 unspecified atom stereocenters. The molecule has 0 bridgehead atoms. The highest BCUT2D eigenvalue weighted by Gasteiger charge is 2.54. The standard InChI is InChI=1S/C13H19N5O4/c1-3-13(4-19)9(20)8(21-2)12(22-13)18-6-17-7-10(14)15-5-16-11(7)18/h5-6,8-9,12,19-20H,3-4H2,1-2H3,(H2,14,15,16)/t8?,9?,12-,13-/m1/s1. The third-order valence-electron chi connectivity index (χ3n) is 4.29. The van der Waals surface area contributed by atoms with E-state index in [1.54, 1.807) is 4.57 Å². The highest BCUT2D eigenvalue weighted by atomic mass is 16.6. The van der Waals surface area contributed by atoms with E-state index < -0.39 is 24.0 Å². The van der Waals surface area contributed by atoms with Crippen LogP contribution in [0.15, 0.2) is 12.7 Å². The van der Waals surface area contributed by atoms with Crippen molar-refractivity contribution in [3.8, 4) is 0 Å². The first-order valence-corrected chi connectivity index (χ1v) is 7.00. The summed E-state index contributed by atoms with van der Waals surface area (Å²) < 4.78 is 13.0. The van der Waals surface area contributed by atoms with Gasteiger partial charge in [-0.2, -0.15) is 0 Å². The van der Waals surface area contributed by atoms with Crippen molar-refractivity contribution in [1.82, 2.24) is 19.5 Å². The lowest BCUT2D eigenvalue weighted by atomic mass is 9.93. The van der Waals surface area contributed by atoms with E-state index in [-0.39, 0.29) is 12.4 Å². The fourth-order valence-electron chi connectivity index (χ4n) is 2.88. The molecule has 1 aliphatic rings. The predicted molar refractivity (Wildman–Crippen MR) is 76.8 cm³/mol. The van der Waals surface area contributed by atoms with E-state index >= 15 is 0 Å². The minimum Gasteiger partial charge on any atom is -0.393 e. The first kappa shape index (κ1) is 15.1. The van der Waals surface area contributed by atoms with Gasteiger partial charge >= 0.3 is 0 Å². The molecule has 4 N–H and O–H groups in total. The topological polar surface area (TPSA) is 129 Å². The van der Waals surface area contributed by atoms with E-state index in [0.717, 1.165) is 0 Å². The summed E-state index contributed by atoms with van der Waals surface area (Å²) >= 11 is 0. The zero-order chi connectivity index (χ0) is 15.9. The van der Waals surface area contributed by atoms with Crippen molar-refractivity contribution in [2.24, 2.45) is 0 Å². The van der Waals surface area contributed by atoms with Crippen LogP contribution in [-0.2, 0) is 9.47 Å². The molecule has 9 nitrogen and oxygen atoms in total. The molecule has 0 radical (unpaired) electrons. The lowest BCUT2D eigenvalue weighted by Gasteiger charge is -2.28. The summed E-state index contributed by atoms with van der Waals surface area (Å²) in [5, 5.41) is 20.2. The number of hydrogen-bond donors (Lipinski definition) is 3. The number of nitrogen functional groups attached to an aromatic ring is 1. The quantitative estimate of drug-likeness (QED) is 0.686. The summed E-state index contributed by atoms with van der Waals surface area (Å²) in [5.41, 5.74) is 5.63. The van der Waals surface area contributed by atoms with Gasteiger partial charge in [-0.05, 0) is 6.42 Å². The van der Waals surface area contributed by atoms with Gasteiger partial charge in [0, 0.05) is 7.11 Å². The summed E-state index contributed by atoms with van der Waals surface area (Å²) in [6.07, 6.45) is 0.969. The molecule has 2 aromatic heterocycles. The van der Waals surface area contributed by atoms with Gasteiger partial charge in [-0.25, -0.2) is 15.0 Å². The molecule has 1 saturated heterocycles. The van der Waals surface area contributed by atoms with Crippen molar-refractivity contribution in [1.29, 1.82) is 0 Å². The van der Waals surface area contributed by atoms with Gasteiger partial charge < -0.3 is 25.4 Å². The minimum absolute atomic E-state index is 0.264. The molecule has 2 aromatic rings. The number of nitrogens with two attached hydrogens (primary N) is 1. The van der Waals surface area contributed by atoms with Crippen LogP contribution >= 0.6 is 0 Å². The largest absolute Gasteiger partial charge is 0.393 e. The Hall–Kier alpha value is -1.81. The normalized spacial score (nSPS) is 31.9. The van der Waals surface area contributed by atoms with Crippen molar-refractivity contribution >= 4 is 17.0 Å². The number of ether oxygens (including phenoxy) is 2. The van der Waals surface area contributed by atoms with E-state index in [1.165, 1.54) is 19.8 Å². The van der Waals surface area contributed by atoms with Crippen molar-refractivity contribution in [3.63, 3.8) is 0 Å². The molecule has 0 spiro atoms. The summed E-state index contributed by atoms with van der Waals surface area (Å²) in [6, 6.07) is 0. The fraction of sp³-hybridized carbons (Fsp3) is 0.615. The molecule has 0 saturated carbocycles. The van der Waals surface area contributed by atoms with E-state index in [0.29, 0.717) is 17.6 Å². The maximum atomic E-state index is 10.5. The third-order valence-corrected chi connectivity index (χ3v) is 4.29. The lowest BCUT2D eigenvalue weighted by Crippen LogP contribution is -2.46. The average molecular weight is 309 g/mol. The van der Waals surface area contributed by atoms with Crippen LogP contribution in [0.4, 0.5) is 5.82 Å². The number of nitrogens with zero attached hydrogens (tertiary/aromatic N) is 4. The monoisotopic (exact) mass is 309 g/mol. The van der Waals surface area contributed by atoms with Gasteiger partial charge in [0.25, 0.3) is 0 Å². The predicted octanol–water partition coefficient (Wildman–Crippen LogP) is -0.546. The zero-order valence-electron chi connectivity index (χ0n) is 12.4. The number of aromatic nitrogens is 4. The molecule has 0 aliphatic carbocycles. The Labute approximate surface area is 126 Å². The SMILES string of the molecule is CC[C@]1(CO)O[C@@H](n2cnc3c(N)ncnc32)C(OC)C1O. The molecule has 1 fully saturated rings. The molecule has 22 heavy (non-hydrogen) atoms.